The van der Waals surface area contributed by atoms with E-state index in [-0.39, 0.29) is 12.2 Å². The number of aromatic nitrogens is 3. The van der Waals surface area contributed by atoms with Crippen LogP contribution < -0.4 is 5.32 Å². The Hall–Kier alpha value is -1.92. The average Bonchev–Trinajstić information content (AvgIpc) is 2.74. The van der Waals surface area contributed by atoms with Crippen molar-refractivity contribution in [1.82, 2.24) is 20.5 Å². The molecule has 100 valence electrons. The van der Waals surface area contributed by atoms with Crippen LogP contribution in [0.3, 0.4) is 0 Å². The highest BCUT2D eigenvalue weighted by atomic mass is 16.4. The number of aryl methyl sites for hydroxylation is 1. The van der Waals surface area contributed by atoms with E-state index in [0.29, 0.717) is 18.7 Å². The van der Waals surface area contributed by atoms with Gasteiger partial charge >= 0.3 is 5.97 Å². The molecule has 0 aliphatic heterocycles. The number of carbonyl (C=O) groups excluding carboxylic acids is 1. The Morgan fingerprint density at radius 1 is 1.44 bits per heavy atom. The third kappa shape index (κ3) is 4.15. The molecule has 0 spiro atoms. The van der Waals surface area contributed by atoms with E-state index in [0.717, 1.165) is 0 Å². The Labute approximate surface area is 105 Å². The van der Waals surface area contributed by atoms with Gasteiger partial charge in [0.2, 0.25) is 5.82 Å². The second-order valence-corrected chi connectivity index (χ2v) is 4.69. The molecule has 18 heavy (non-hydrogen) atoms. The molecule has 0 saturated heterocycles. The van der Waals surface area contributed by atoms with Crippen LogP contribution in [0.15, 0.2) is 0 Å². The minimum atomic E-state index is -0.886. The number of nitrogens with one attached hydrogen (secondary N) is 2. The summed E-state index contributed by atoms with van der Waals surface area (Å²) in [4.78, 5) is 26.3. The van der Waals surface area contributed by atoms with Crippen molar-refractivity contribution in [1.29, 1.82) is 0 Å². The molecule has 0 aliphatic rings. The van der Waals surface area contributed by atoms with Crippen molar-refractivity contribution in [3.05, 3.63) is 11.6 Å². The van der Waals surface area contributed by atoms with E-state index in [1.807, 2.05) is 6.92 Å². The lowest BCUT2D eigenvalue weighted by Crippen LogP contribution is -2.44. The number of aromatic amines is 1. The summed E-state index contributed by atoms with van der Waals surface area (Å²) in [5, 5.41) is 17.8. The third-order valence-corrected chi connectivity index (χ3v) is 2.49. The number of carboxylic acid groups (broad SMARTS) is 1. The first-order valence-corrected chi connectivity index (χ1v) is 5.79. The number of carboxylic acids is 1. The fourth-order valence-corrected chi connectivity index (χ4v) is 1.40. The summed E-state index contributed by atoms with van der Waals surface area (Å²) in [5.41, 5.74) is -0.609. The molecule has 0 unspecified atom stereocenters. The monoisotopic (exact) mass is 254 g/mol. The van der Waals surface area contributed by atoms with Crippen molar-refractivity contribution in [2.45, 2.75) is 45.6 Å². The van der Waals surface area contributed by atoms with Crippen LogP contribution in [0.2, 0.25) is 0 Å². The van der Waals surface area contributed by atoms with Gasteiger partial charge in [0.1, 0.15) is 5.82 Å². The number of H-pyrrole nitrogens is 1. The predicted molar refractivity (Wildman–Crippen MR) is 64.2 cm³/mol. The number of amides is 1. The maximum Gasteiger partial charge on any atom is 0.303 e. The van der Waals surface area contributed by atoms with Crippen LogP contribution in [-0.4, -0.2) is 37.7 Å². The van der Waals surface area contributed by atoms with Crippen molar-refractivity contribution >= 4 is 11.9 Å². The van der Waals surface area contributed by atoms with Crippen LogP contribution >= 0.6 is 0 Å². The Balaban J connectivity index is 2.60. The molecule has 0 atom stereocenters. The number of rotatable bonds is 6. The quantitative estimate of drug-likeness (QED) is 0.694. The average molecular weight is 254 g/mol. The molecule has 0 saturated carbocycles. The molecule has 1 amide bonds. The number of aliphatic carboxylic acids is 1. The maximum atomic E-state index is 11.8. The Bertz CT molecular complexity index is 439. The highest BCUT2D eigenvalue weighted by Gasteiger charge is 2.24. The molecule has 3 N–H and O–H groups in total. The molecule has 7 nitrogen and oxygen atoms in total. The Morgan fingerprint density at radius 2 is 2.11 bits per heavy atom. The molecule has 1 aromatic rings. The number of nitrogens with zero attached hydrogens (tertiary/aromatic N) is 2. The summed E-state index contributed by atoms with van der Waals surface area (Å²) in [7, 11) is 0. The van der Waals surface area contributed by atoms with Gasteiger partial charge in [-0.2, -0.15) is 0 Å². The van der Waals surface area contributed by atoms with Gasteiger partial charge in [-0.15, -0.1) is 5.10 Å². The zero-order valence-electron chi connectivity index (χ0n) is 10.8. The van der Waals surface area contributed by atoms with Crippen LogP contribution in [0.25, 0.3) is 0 Å². The largest absolute Gasteiger partial charge is 0.481 e. The van der Waals surface area contributed by atoms with E-state index in [2.05, 4.69) is 20.5 Å². The summed E-state index contributed by atoms with van der Waals surface area (Å²) in [5.74, 6) is -0.566. The van der Waals surface area contributed by atoms with E-state index in [4.69, 9.17) is 5.11 Å². The smallest absolute Gasteiger partial charge is 0.303 e. The first-order valence-electron chi connectivity index (χ1n) is 5.79. The third-order valence-electron chi connectivity index (χ3n) is 2.49. The zero-order valence-corrected chi connectivity index (χ0v) is 10.8. The minimum absolute atomic E-state index is 0.00147. The second kappa shape index (κ2) is 5.61. The molecular formula is C11H18N4O3. The Kier molecular flexibility index (Phi) is 4.41. The fourth-order valence-electron chi connectivity index (χ4n) is 1.40. The minimum Gasteiger partial charge on any atom is -0.481 e. The van der Waals surface area contributed by atoms with Gasteiger partial charge < -0.3 is 10.4 Å². The summed E-state index contributed by atoms with van der Waals surface area (Å²) in [6.45, 7) is 5.43. The summed E-state index contributed by atoms with van der Waals surface area (Å²) < 4.78 is 0. The van der Waals surface area contributed by atoms with Gasteiger partial charge in [0.05, 0.1) is 0 Å². The van der Waals surface area contributed by atoms with Crippen molar-refractivity contribution in [2.75, 3.05) is 0 Å². The first-order chi connectivity index (χ1) is 8.34. The molecule has 1 heterocycles. The standard InChI is InChI=1S/C11H18N4O3/c1-4-7-12-9(15-14-7)10(18)13-11(2,3)6-5-8(16)17/h4-6H2,1-3H3,(H,13,18)(H,16,17)(H,12,14,15). The van der Waals surface area contributed by atoms with Crippen LogP contribution in [0.4, 0.5) is 0 Å². The summed E-state index contributed by atoms with van der Waals surface area (Å²) in [6, 6.07) is 0. The van der Waals surface area contributed by atoms with Crippen molar-refractivity contribution in [2.24, 2.45) is 0 Å². The molecule has 0 aromatic carbocycles. The van der Waals surface area contributed by atoms with Gasteiger partial charge in [-0.25, -0.2) is 4.98 Å². The highest BCUT2D eigenvalue weighted by Crippen LogP contribution is 2.11. The van der Waals surface area contributed by atoms with Gasteiger partial charge in [-0.05, 0) is 20.3 Å². The zero-order chi connectivity index (χ0) is 13.8. The second-order valence-electron chi connectivity index (χ2n) is 4.69. The SMILES string of the molecule is CCc1nc(C(=O)NC(C)(C)CCC(=O)O)n[nH]1. The lowest BCUT2D eigenvalue weighted by Gasteiger charge is -2.24. The molecule has 0 bridgehead atoms. The Morgan fingerprint density at radius 3 is 2.61 bits per heavy atom. The number of carbonyl (C=O) groups is 2. The molecule has 0 aliphatic carbocycles. The van der Waals surface area contributed by atoms with E-state index >= 15 is 0 Å². The highest BCUT2D eigenvalue weighted by molar-refractivity contribution is 5.90. The van der Waals surface area contributed by atoms with E-state index in [9.17, 15) is 9.59 Å². The van der Waals surface area contributed by atoms with Crippen LogP contribution in [-0.2, 0) is 11.2 Å². The molecule has 1 aromatic heterocycles. The number of hydrogen-bond acceptors (Lipinski definition) is 4. The summed E-state index contributed by atoms with van der Waals surface area (Å²) in [6.07, 6.45) is 1.02. The molecule has 0 radical (unpaired) electrons. The van der Waals surface area contributed by atoms with Gasteiger partial charge in [-0.1, -0.05) is 6.92 Å². The van der Waals surface area contributed by atoms with Gasteiger partial charge in [0.15, 0.2) is 0 Å². The van der Waals surface area contributed by atoms with Gasteiger partial charge in [0, 0.05) is 18.4 Å². The van der Waals surface area contributed by atoms with E-state index in [1.54, 1.807) is 13.8 Å². The van der Waals surface area contributed by atoms with E-state index < -0.39 is 17.4 Å². The van der Waals surface area contributed by atoms with Crippen molar-refractivity contribution in [3.8, 4) is 0 Å². The fraction of sp³-hybridized carbons (Fsp3) is 0.636. The van der Waals surface area contributed by atoms with Crippen molar-refractivity contribution < 1.29 is 14.7 Å². The first kappa shape index (κ1) is 14.1. The van der Waals surface area contributed by atoms with Crippen LogP contribution in [0.1, 0.15) is 50.1 Å². The normalized spacial score (nSPS) is 11.3. The van der Waals surface area contributed by atoms with E-state index in [1.165, 1.54) is 0 Å². The molecule has 7 heteroatoms. The molecule has 0 fully saturated rings. The van der Waals surface area contributed by atoms with Gasteiger partial charge in [-0.3, -0.25) is 14.7 Å². The van der Waals surface area contributed by atoms with Crippen molar-refractivity contribution in [3.63, 3.8) is 0 Å². The molecule has 1 rings (SSSR count). The predicted octanol–water partition coefficient (Wildman–Crippen LogP) is 0.740. The lowest BCUT2D eigenvalue weighted by molar-refractivity contribution is -0.137. The van der Waals surface area contributed by atoms with Crippen LogP contribution in [0.5, 0.6) is 0 Å². The van der Waals surface area contributed by atoms with Crippen LogP contribution in [0, 0.1) is 0 Å². The maximum absolute atomic E-state index is 11.8. The molecular weight excluding hydrogens is 236 g/mol. The lowest BCUT2D eigenvalue weighted by atomic mass is 9.98. The topological polar surface area (TPSA) is 108 Å². The van der Waals surface area contributed by atoms with Gasteiger partial charge in [0.25, 0.3) is 5.91 Å². The summed E-state index contributed by atoms with van der Waals surface area (Å²) >= 11 is 0. The number of hydrogen-bond donors (Lipinski definition) is 3.